The Morgan fingerprint density at radius 2 is 0.911 bits per heavy atom. The number of amides is 2. The van der Waals surface area contributed by atoms with E-state index in [2.05, 4.69) is 10.0 Å². The van der Waals surface area contributed by atoms with Gasteiger partial charge >= 0.3 is 11.9 Å². The summed E-state index contributed by atoms with van der Waals surface area (Å²) >= 11 is 0. The van der Waals surface area contributed by atoms with E-state index < -0.39 is 178 Å². The molecule has 5 fully saturated rings. The normalized spacial score (nSPS) is 28.6. The highest BCUT2D eigenvalue weighted by molar-refractivity contribution is 6.21. The second kappa shape index (κ2) is 42.2. The first-order valence-corrected chi connectivity index (χ1v) is 40.9. The molecule has 9 aromatic rings. The van der Waals surface area contributed by atoms with Crippen LogP contribution in [0.15, 0.2) is 266 Å². The van der Waals surface area contributed by atoms with Crippen LogP contribution in [0.1, 0.15) is 91.3 Å². The molecule has 0 bridgehead atoms. The van der Waals surface area contributed by atoms with Gasteiger partial charge in [-0.1, -0.05) is 242 Å². The van der Waals surface area contributed by atoms with Gasteiger partial charge in [0, 0.05) is 17.6 Å². The highest BCUT2D eigenvalue weighted by atomic mass is 16.8. The van der Waals surface area contributed by atoms with Crippen molar-refractivity contribution in [2.75, 3.05) is 34.0 Å². The summed E-state index contributed by atoms with van der Waals surface area (Å²) in [6.07, 6.45) is -27.3. The fourth-order valence-electron chi connectivity index (χ4n) is 16.0. The van der Waals surface area contributed by atoms with Crippen molar-refractivity contribution in [3.05, 3.63) is 327 Å². The van der Waals surface area contributed by atoms with Gasteiger partial charge in [0.1, 0.15) is 97.7 Å². The summed E-state index contributed by atoms with van der Waals surface area (Å²) in [4.78, 5) is 60.4. The summed E-state index contributed by atoms with van der Waals surface area (Å²) in [5, 5.41) is 27.5. The maximum Gasteiger partial charge on any atom is 0.306 e. The maximum absolute atomic E-state index is 15.4. The van der Waals surface area contributed by atoms with Crippen molar-refractivity contribution in [1.82, 2.24) is 4.90 Å². The summed E-state index contributed by atoms with van der Waals surface area (Å²) in [5.74, 6) is -3.03. The average Bonchev–Trinajstić information content (AvgIpc) is 1.72. The minimum atomic E-state index is -2.96. The van der Waals surface area contributed by atoms with Crippen molar-refractivity contribution in [3.8, 4) is 5.75 Å². The number of esters is 1. The number of imide groups is 1. The number of carbonyl (C=O) groups excluding carboxylic acids is 3. The number of methoxy groups -OCH3 is 2. The van der Waals surface area contributed by atoms with E-state index >= 15 is 9.59 Å². The minimum absolute atomic E-state index is 0.0172. The molecule has 5 saturated heterocycles. The third-order valence-corrected chi connectivity index (χ3v) is 22.2. The Morgan fingerprint density at radius 3 is 1.41 bits per heavy atom. The predicted octanol–water partition coefficient (Wildman–Crippen LogP) is 12.6. The largest absolute Gasteiger partial charge is 0.497 e. The van der Waals surface area contributed by atoms with Gasteiger partial charge in [-0.2, -0.15) is 0 Å². The molecule has 644 valence electrons. The van der Waals surface area contributed by atoms with Crippen molar-refractivity contribution in [2.24, 2.45) is 5.11 Å². The Labute approximate surface area is 711 Å². The van der Waals surface area contributed by atoms with Crippen LogP contribution in [0.4, 0.5) is 0 Å². The molecule has 6 aliphatic heterocycles. The Bertz CT molecular complexity index is 4870. The number of ether oxygens (including phenoxy) is 19. The van der Waals surface area contributed by atoms with E-state index in [1.807, 2.05) is 207 Å². The molecule has 0 saturated carbocycles. The monoisotopic (exact) mass is 1680 g/mol. The quantitative estimate of drug-likeness (QED) is 0.0119. The molecule has 123 heavy (non-hydrogen) atoms. The van der Waals surface area contributed by atoms with Gasteiger partial charge in [-0.05, 0) is 75.7 Å². The molecule has 15 rings (SSSR count). The van der Waals surface area contributed by atoms with Crippen molar-refractivity contribution < 1.29 is 119 Å². The lowest BCUT2D eigenvalue weighted by Crippen LogP contribution is -2.71. The highest BCUT2D eigenvalue weighted by Gasteiger charge is 2.63. The molecule has 21 atom stereocenters. The van der Waals surface area contributed by atoms with Crippen molar-refractivity contribution in [2.45, 2.75) is 195 Å². The molecule has 1 unspecified atom stereocenters. The number of nitrogens with zero attached hydrogens (tertiary/aromatic N) is 4. The Balaban J connectivity index is 0.851. The number of fused-ring (bicyclic) bond motifs is 2. The van der Waals surface area contributed by atoms with Crippen LogP contribution in [0.5, 0.6) is 5.75 Å². The molecule has 9 aromatic carbocycles. The lowest BCUT2D eigenvalue weighted by molar-refractivity contribution is -0.424. The predicted molar refractivity (Wildman–Crippen MR) is 437 cm³/mol. The molecule has 0 radical (unpaired) electrons. The zero-order chi connectivity index (χ0) is 85.0. The summed E-state index contributed by atoms with van der Waals surface area (Å²) in [6, 6.07) is 77.5. The summed E-state index contributed by atoms with van der Waals surface area (Å²) in [7, 11) is 2.77. The molecule has 2 N–H and O–H groups in total. The van der Waals surface area contributed by atoms with E-state index in [4.69, 9.17) is 90.0 Å². The van der Waals surface area contributed by atoms with Gasteiger partial charge in [0.25, 0.3) is 11.8 Å². The van der Waals surface area contributed by atoms with Crippen LogP contribution >= 0.6 is 0 Å². The molecule has 0 aromatic heterocycles. The first-order valence-electron chi connectivity index (χ1n) is 40.9. The van der Waals surface area contributed by atoms with Crippen molar-refractivity contribution in [3.63, 3.8) is 0 Å². The molecule has 29 heteroatoms. The van der Waals surface area contributed by atoms with Crippen LogP contribution in [-0.4, -0.2) is 195 Å². The number of hydrogen-bond donors (Lipinski definition) is 2. The number of aliphatic carboxylic acids is 1. The van der Waals surface area contributed by atoms with Crippen LogP contribution in [0, 0.1) is 0 Å². The zero-order valence-electron chi connectivity index (χ0n) is 67.9. The Morgan fingerprint density at radius 1 is 0.463 bits per heavy atom. The van der Waals surface area contributed by atoms with Crippen LogP contribution in [-0.2, 0) is 141 Å². The summed E-state index contributed by atoms with van der Waals surface area (Å²) in [6.45, 7) is 0.0874. The van der Waals surface area contributed by atoms with E-state index in [0.29, 0.717) is 33.6 Å². The van der Waals surface area contributed by atoms with Gasteiger partial charge in [-0.3, -0.25) is 24.1 Å². The zero-order valence-corrected chi connectivity index (χ0v) is 67.9. The van der Waals surface area contributed by atoms with Gasteiger partial charge in [-0.15, -0.1) is 0 Å². The first-order chi connectivity index (χ1) is 60.2. The third-order valence-electron chi connectivity index (χ3n) is 22.2. The molecular formula is C94H98N4O25. The smallest absolute Gasteiger partial charge is 0.306 e. The van der Waals surface area contributed by atoms with Crippen LogP contribution in [0.25, 0.3) is 10.4 Å². The van der Waals surface area contributed by atoms with E-state index in [0.717, 1.165) is 21.6 Å². The molecule has 6 heterocycles. The molecule has 0 aliphatic carbocycles. The highest BCUT2D eigenvalue weighted by Crippen LogP contribution is 2.45. The van der Waals surface area contributed by atoms with Gasteiger partial charge in [0.2, 0.25) is 5.72 Å². The summed E-state index contributed by atoms with van der Waals surface area (Å²) < 4.78 is 131. The van der Waals surface area contributed by atoms with Crippen LogP contribution in [0.3, 0.4) is 0 Å². The lowest BCUT2D eigenvalue weighted by Gasteiger charge is -2.54. The van der Waals surface area contributed by atoms with Crippen LogP contribution in [0.2, 0.25) is 0 Å². The first kappa shape index (κ1) is 87.4. The third kappa shape index (κ3) is 21.5. The maximum atomic E-state index is 15.4. The number of carboxylic acids is 1. The number of carbonyl (C=O) groups is 4. The number of carboxylic acid groups (broad SMARTS) is 1. The van der Waals surface area contributed by atoms with Crippen LogP contribution < -0.4 is 4.74 Å². The van der Waals surface area contributed by atoms with E-state index in [-0.39, 0.29) is 64.0 Å². The van der Waals surface area contributed by atoms with E-state index in [1.165, 1.54) is 19.2 Å². The van der Waals surface area contributed by atoms with E-state index in [1.54, 1.807) is 55.6 Å². The number of hydrogen-bond acceptors (Lipinski definition) is 25. The fraction of sp³-hybridized carbons (Fsp3) is 0.383. The molecule has 0 spiro atoms. The lowest BCUT2D eigenvalue weighted by atomic mass is 9.92. The van der Waals surface area contributed by atoms with Gasteiger partial charge in [0.15, 0.2) is 31.5 Å². The molecule has 29 nitrogen and oxygen atoms in total. The number of aliphatic hydroxyl groups is 1. The molecule has 2 amide bonds. The standard InChI is InChI=1S/C94H98N4O25/c1-59-77(108-49-60-27-11-4-12-28-60)82(112-53-64-35-19-8-20-36-64)84(114-54-65-37-21-9-22-38-65)91(117-59)122-85-83(113-55-66-43-45-68(105-2)46-44-66)79-72(57-115-89(121-79)67-39-23-10-24-40-67)119-92(85)123-86-80(110-51-62-31-15-6-16-32-62)73(120-93(106-3)94(86,104)96-97-95)58-116-90-76(98-87(102)69-41-25-26-42-70(69)88(98)103)81(111-52-63-33-17-7-18-34-63)78(109-50-61-29-13-5-14-30-61)71(118-90)56-107-75(101)48-47-74(99)100/h4-46,59,71-73,76-86,89-93,104H,47-58H2,1-3H3,(H,99,100)/t59-,71-,72-,73-,76-,77+,78-,79+,80+,81-,82+,83+,84-,85-,86+,89?,90-,91+,92+,93-,94-/m1/s1. The number of rotatable bonds is 38. The minimum Gasteiger partial charge on any atom is -0.497 e. The Kier molecular flexibility index (Phi) is 30.0. The number of benzene rings is 9. The Hall–Kier alpha value is -10.6. The van der Waals surface area contributed by atoms with E-state index in [9.17, 15) is 25.3 Å². The van der Waals surface area contributed by atoms with Gasteiger partial charge in [0.05, 0.1) is 96.6 Å². The second-order valence-corrected chi connectivity index (χ2v) is 30.5. The number of azide groups is 1. The van der Waals surface area contributed by atoms with Gasteiger partial charge in [-0.25, -0.2) is 0 Å². The molecular weight excluding hydrogens is 1590 g/mol. The topological polar surface area (TPSA) is 336 Å². The SMILES string of the molecule is COc1ccc(CO[C@H]2[C@H]3OC(c4ccccc4)OC[C@H]3O[C@@H](O[C@H]3[C@@H](OCc4ccccc4)[C@@H](CO[C@@H]4O[C@H](COC(=O)CCC(=O)O)[C@@H](OCc5ccccc5)[C@H](OCc5ccccc5)[C@H]4N4C(=O)c5ccccc5C4=O)O[C@@H](OC)[C@@]3(O)N=[N+]=[N-])[C@@H]2O[C@@H]2O[C@H](C)[C@H](OCc3ccccc3)[C@H](OCc3ccccc3)[C@H]2OCc2ccccc2)cc1. The fourth-order valence-corrected chi connectivity index (χ4v) is 16.0. The van der Waals surface area contributed by atoms with Crippen molar-refractivity contribution >= 4 is 23.8 Å². The van der Waals surface area contributed by atoms with Crippen molar-refractivity contribution in [1.29, 1.82) is 0 Å². The second-order valence-electron chi connectivity index (χ2n) is 30.5. The molecule has 6 aliphatic rings. The van der Waals surface area contributed by atoms with Gasteiger partial charge < -0.3 is 100 Å². The summed E-state index contributed by atoms with van der Waals surface area (Å²) in [5.41, 5.74) is 14.0. The average molecular weight is 1680 g/mol.